The van der Waals surface area contributed by atoms with E-state index < -0.39 is 0 Å². The van der Waals surface area contributed by atoms with Crippen molar-refractivity contribution in [3.63, 3.8) is 0 Å². The minimum atomic E-state index is -0.0879. The number of nitrogens with two attached hydrogens (primary N) is 1. The summed E-state index contributed by atoms with van der Waals surface area (Å²) >= 11 is 0. The second kappa shape index (κ2) is 4.55. The first kappa shape index (κ1) is 11.6. The van der Waals surface area contributed by atoms with Gasteiger partial charge in [-0.2, -0.15) is 0 Å². The first-order valence-electron chi connectivity index (χ1n) is 5.54. The zero-order valence-corrected chi connectivity index (χ0v) is 9.64. The summed E-state index contributed by atoms with van der Waals surface area (Å²) in [6.07, 6.45) is 0.490. The Bertz CT molecular complexity index is 442. The minimum absolute atomic E-state index is 0.0101. The fourth-order valence-electron chi connectivity index (χ4n) is 1.89. The van der Waals surface area contributed by atoms with E-state index in [2.05, 4.69) is 5.43 Å². The molecule has 17 heavy (non-hydrogen) atoms. The van der Waals surface area contributed by atoms with Gasteiger partial charge in [0.25, 0.3) is 0 Å². The van der Waals surface area contributed by atoms with Crippen LogP contribution in [0.15, 0.2) is 24.3 Å². The number of hydrogen-bond donors (Lipinski definition) is 2. The lowest BCUT2D eigenvalue weighted by atomic mass is 10.1. The Labute approximate surface area is 99.6 Å². The van der Waals surface area contributed by atoms with Crippen LogP contribution in [-0.4, -0.2) is 24.3 Å². The zero-order chi connectivity index (χ0) is 12.4. The van der Waals surface area contributed by atoms with Crippen LogP contribution in [0.3, 0.4) is 0 Å². The van der Waals surface area contributed by atoms with Gasteiger partial charge in [0.2, 0.25) is 5.91 Å². The molecular weight excluding hydrogens is 218 g/mol. The molecule has 90 valence electrons. The fraction of sp³-hybridized carbons (Fsp3) is 0.333. The Balaban J connectivity index is 2.18. The molecule has 1 amide bonds. The average molecular weight is 233 g/mol. The highest BCUT2D eigenvalue weighted by molar-refractivity contribution is 5.97. The minimum Gasteiger partial charge on any atom is -0.324 e. The summed E-state index contributed by atoms with van der Waals surface area (Å²) < 4.78 is 0. The second-order valence-electron chi connectivity index (χ2n) is 4.13. The molecule has 1 aromatic rings. The highest BCUT2D eigenvalue weighted by Crippen LogP contribution is 2.21. The summed E-state index contributed by atoms with van der Waals surface area (Å²) in [6, 6.07) is 7.19. The SMILES string of the molecule is CC1CC(=O)NN1c1ccc(C(=O)CN)cc1. The highest BCUT2D eigenvalue weighted by atomic mass is 16.2. The number of carbonyl (C=O) groups excluding carboxylic acids is 2. The molecule has 1 aliphatic heterocycles. The smallest absolute Gasteiger partial charge is 0.240 e. The van der Waals surface area contributed by atoms with Crippen molar-refractivity contribution in [2.45, 2.75) is 19.4 Å². The van der Waals surface area contributed by atoms with Gasteiger partial charge in [0.1, 0.15) is 0 Å². The third-order valence-electron chi connectivity index (χ3n) is 2.82. The van der Waals surface area contributed by atoms with E-state index in [1.807, 2.05) is 19.1 Å². The third kappa shape index (κ3) is 2.29. The number of anilines is 1. The highest BCUT2D eigenvalue weighted by Gasteiger charge is 2.26. The molecule has 2 rings (SSSR count). The molecule has 1 heterocycles. The maximum atomic E-state index is 11.4. The molecule has 0 bridgehead atoms. The number of Topliss-reactive ketones (excluding diaryl/α,β-unsaturated/α-hetero) is 1. The first-order chi connectivity index (χ1) is 8.11. The average Bonchev–Trinajstić information content (AvgIpc) is 2.68. The van der Waals surface area contributed by atoms with Crippen molar-refractivity contribution in [2.75, 3.05) is 11.6 Å². The van der Waals surface area contributed by atoms with Gasteiger partial charge in [-0.05, 0) is 31.2 Å². The molecular formula is C12H15N3O2. The lowest BCUT2D eigenvalue weighted by Gasteiger charge is -2.22. The molecule has 0 radical (unpaired) electrons. The maximum Gasteiger partial charge on any atom is 0.240 e. The van der Waals surface area contributed by atoms with Crippen molar-refractivity contribution in [3.8, 4) is 0 Å². The Morgan fingerprint density at radius 2 is 2.12 bits per heavy atom. The summed E-state index contributed by atoms with van der Waals surface area (Å²) in [5.41, 5.74) is 9.52. The van der Waals surface area contributed by atoms with Crippen molar-refractivity contribution < 1.29 is 9.59 Å². The quantitative estimate of drug-likeness (QED) is 0.744. The first-order valence-corrected chi connectivity index (χ1v) is 5.54. The third-order valence-corrected chi connectivity index (χ3v) is 2.82. The van der Waals surface area contributed by atoms with Crippen molar-refractivity contribution in [3.05, 3.63) is 29.8 Å². The van der Waals surface area contributed by atoms with E-state index in [1.165, 1.54) is 0 Å². The summed E-state index contributed by atoms with van der Waals surface area (Å²) in [7, 11) is 0. The van der Waals surface area contributed by atoms with E-state index >= 15 is 0 Å². The molecule has 1 aliphatic rings. The zero-order valence-electron chi connectivity index (χ0n) is 9.64. The number of ketones is 1. The molecule has 0 aromatic heterocycles. The number of carbonyl (C=O) groups is 2. The number of nitrogens with zero attached hydrogens (tertiary/aromatic N) is 1. The van der Waals surface area contributed by atoms with E-state index in [0.29, 0.717) is 12.0 Å². The Hall–Kier alpha value is -1.88. The monoisotopic (exact) mass is 233 g/mol. The van der Waals surface area contributed by atoms with Crippen LogP contribution in [0.2, 0.25) is 0 Å². The van der Waals surface area contributed by atoms with E-state index in [9.17, 15) is 9.59 Å². The van der Waals surface area contributed by atoms with Gasteiger partial charge in [0, 0.05) is 5.56 Å². The van der Waals surface area contributed by atoms with Crippen LogP contribution in [0.25, 0.3) is 0 Å². The molecule has 0 saturated carbocycles. The number of hydrazine groups is 1. The summed E-state index contributed by atoms with van der Waals surface area (Å²) in [4.78, 5) is 22.6. The van der Waals surface area contributed by atoms with Gasteiger partial charge in [-0.3, -0.25) is 20.0 Å². The van der Waals surface area contributed by atoms with Gasteiger partial charge in [-0.25, -0.2) is 0 Å². The van der Waals surface area contributed by atoms with Crippen LogP contribution < -0.4 is 16.2 Å². The number of amides is 1. The second-order valence-corrected chi connectivity index (χ2v) is 4.13. The van der Waals surface area contributed by atoms with Crippen molar-refractivity contribution >= 4 is 17.4 Å². The maximum absolute atomic E-state index is 11.4. The predicted octanol–water partition coefficient (Wildman–Crippen LogP) is 0.458. The van der Waals surface area contributed by atoms with Gasteiger partial charge in [-0.15, -0.1) is 0 Å². The standard InChI is InChI=1S/C12H15N3O2/c1-8-6-12(17)14-15(8)10-4-2-9(3-5-10)11(16)7-13/h2-5,8H,6-7,13H2,1H3,(H,14,17). The number of hydrogen-bond acceptors (Lipinski definition) is 4. The van der Waals surface area contributed by atoms with Crippen LogP contribution in [0.1, 0.15) is 23.7 Å². The van der Waals surface area contributed by atoms with E-state index in [-0.39, 0.29) is 24.3 Å². The van der Waals surface area contributed by atoms with Gasteiger partial charge in [-0.1, -0.05) is 0 Å². The fourth-order valence-corrected chi connectivity index (χ4v) is 1.89. The molecule has 1 aromatic carbocycles. The number of rotatable bonds is 3. The summed E-state index contributed by atoms with van der Waals surface area (Å²) in [5, 5.41) is 1.80. The Morgan fingerprint density at radius 1 is 1.47 bits per heavy atom. The van der Waals surface area contributed by atoms with Crippen LogP contribution in [0.5, 0.6) is 0 Å². The lowest BCUT2D eigenvalue weighted by molar-refractivity contribution is -0.119. The summed E-state index contributed by atoms with van der Waals surface area (Å²) in [6.45, 7) is 1.98. The van der Waals surface area contributed by atoms with Crippen LogP contribution >= 0.6 is 0 Å². The molecule has 5 heteroatoms. The van der Waals surface area contributed by atoms with Crippen LogP contribution in [-0.2, 0) is 4.79 Å². The molecule has 0 aliphatic carbocycles. The molecule has 1 atom stereocenters. The molecule has 1 saturated heterocycles. The van der Waals surface area contributed by atoms with Crippen molar-refractivity contribution in [2.24, 2.45) is 5.73 Å². The lowest BCUT2D eigenvalue weighted by Crippen LogP contribution is -2.37. The van der Waals surface area contributed by atoms with Gasteiger partial charge in [0.05, 0.1) is 24.7 Å². The molecule has 1 unspecified atom stereocenters. The van der Waals surface area contributed by atoms with Crippen LogP contribution in [0, 0.1) is 0 Å². The predicted molar refractivity (Wildman–Crippen MR) is 64.5 cm³/mol. The largest absolute Gasteiger partial charge is 0.324 e. The van der Waals surface area contributed by atoms with E-state index in [1.54, 1.807) is 17.1 Å². The molecule has 1 fully saturated rings. The normalized spacial score (nSPS) is 19.3. The van der Waals surface area contributed by atoms with E-state index in [4.69, 9.17) is 5.73 Å². The van der Waals surface area contributed by atoms with Crippen molar-refractivity contribution in [1.82, 2.24) is 5.43 Å². The molecule has 3 N–H and O–H groups in total. The van der Waals surface area contributed by atoms with Gasteiger partial charge < -0.3 is 5.73 Å². The van der Waals surface area contributed by atoms with Gasteiger partial charge in [0.15, 0.2) is 5.78 Å². The number of nitrogens with one attached hydrogen (secondary N) is 1. The van der Waals surface area contributed by atoms with Crippen LogP contribution in [0.4, 0.5) is 5.69 Å². The number of benzene rings is 1. The van der Waals surface area contributed by atoms with Crippen molar-refractivity contribution in [1.29, 1.82) is 0 Å². The molecule has 5 nitrogen and oxygen atoms in total. The topological polar surface area (TPSA) is 75.4 Å². The summed E-state index contributed by atoms with van der Waals surface area (Å²) in [5.74, 6) is -0.0744. The van der Waals surface area contributed by atoms with E-state index in [0.717, 1.165) is 5.69 Å². The Kier molecular flexibility index (Phi) is 3.10. The van der Waals surface area contributed by atoms with Gasteiger partial charge >= 0.3 is 0 Å². The Morgan fingerprint density at radius 3 is 2.59 bits per heavy atom. The molecule has 0 spiro atoms.